The summed E-state index contributed by atoms with van der Waals surface area (Å²) in [5.41, 5.74) is 0.688. The molecule has 8 heteroatoms. The number of benzene rings is 1. The summed E-state index contributed by atoms with van der Waals surface area (Å²) in [7, 11) is 0. The van der Waals surface area contributed by atoms with Crippen molar-refractivity contribution in [3.8, 4) is 0 Å². The van der Waals surface area contributed by atoms with Gasteiger partial charge in [-0.1, -0.05) is 23.2 Å². The Bertz CT molecular complexity index is 614. The smallest absolute Gasteiger partial charge is 0.412 e. The normalized spacial score (nSPS) is 10.0. The second-order valence-electron chi connectivity index (χ2n) is 3.93. The molecule has 2 N–H and O–H groups in total. The monoisotopic (exact) mass is 326 g/mol. The summed E-state index contributed by atoms with van der Waals surface area (Å²) in [6.45, 7) is 2.00. The van der Waals surface area contributed by atoms with E-state index in [2.05, 4.69) is 20.8 Å². The van der Waals surface area contributed by atoms with Crippen LogP contribution < -0.4 is 10.6 Å². The Morgan fingerprint density at radius 3 is 2.33 bits per heavy atom. The minimum Gasteiger partial charge on any atom is -0.450 e. The maximum Gasteiger partial charge on any atom is 0.412 e. The third-order valence-electron chi connectivity index (χ3n) is 2.31. The lowest BCUT2D eigenvalue weighted by Crippen LogP contribution is -2.14. The summed E-state index contributed by atoms with van der Waals surface area (Å²) in [6, 6.07) is 8.30. The summed E-state index contributed by atoms with van der Waals surface area (Å²) in [5, 5.41) is 14.3. The third kappa shape index (κ3) is 4.77. The summed E-state index contributed by atoms with van der Waals surface area (Å²) < 4.78 is 4.74. The lowest BCUT2D eigenvalue weighted by molar-refractivity contribution is 0.168. The van der Waals surface area contributed by atoms with E-state index in [0.717, 1.165) is 0 Å². The van der Waals surface area contributed by atoms with Crippen molar-refractivity contribution in [2.24, 2.45) is 0 Å². The lowest BCUT2D eigenvalue weighted by atomic mass is 10.3. The van der Waals surface area contributed by atoms with Crippen LogP contribution >= 0.6 is 23.2 Å². The van der Waals surface area contributed by atoms with E-state index in [1.54, 1.807) is 37.3 Å². The number of hydrogen-bond donors (Lipinski definition) is 2. The largest absolute Gasteiger partial charge is 0.450 e. The fraction of sp³-hybridized carbons (Fsp3) is 0.154. The molecule has 2 rings (SSSR count). The number of amides is 1. The second kappa shape index (κ2) is 7.10. The number of halogens is 2. The van der Waals surface area contributed by atoms with E-state index < -0.39 is 6.09 Å². The third-order valence-corrected chi connectivity index (χ3v) is 2.74. The van der Waals surface area contributed by atoms with Crippen LogP contribution in [0.1, 0.15) is 6.92 Å². The van der Waals surface area contributed by atoms with Gasteiger partial charge >= 0.3 is 6.09 Å². The van der Waals surface area contributed by atoms with Gasteiger partial charge in [-0.2, -0.15) is 0 Å². The zero-order valence-corrected chi connectivity index (χ0v) is 12.6. The highest BCUT2D eigenvalue weighted by atomic mass is 35.5. The van der Waals surface area contributed by atoms with Crippen molar-refractivity contribution < 1.29 is 9.53 Å². The maximum absolute atomic E-state index is 11.2. The van der Waals surface area contributed by atoms with Crippen molar-refractivity contribution in [3.05, 3.63) is 40.4 Å². The average Bonchev–Trinajstić information content (AvgIpc) is 2.40. The van der Waals surface area contributed by atoms with Gasteiger partial charge in [0.15, 0.2) is 11.6 Å². The number of anilines is 3. The number of nitrogens with zero attached hydrogens (tertiary/aromatic N) is 2. The Morgan fingerprint density at radius 2 is 1.76 bits per heavy atom. The van der Waals surface area contributed by atoms with Crippen LogP contribution in [0.25, 0.3) is 0 Å². The van der Waals surface area contributed by atoms with E-state index in [4.69, 9.17) is 27.9 Å². The number of carbonyl (C=O) groups is 1. The lowest BCUT2D eigenvalue weighted by Gasteiger charge is -2.07. The molecular formula is C13H12Cl2N4O2. The maximum atomic E-state index is 11.2. The van der Waals surface area contributed by atoms with Crippen LogP contribution in [0.4, 0.5) is 22.1 Å². The number of hydrogen-bond acceptors (Lipinski definition) is 5. The van der Waals surface area contributed by atoms with E-state index in [9.17, 15) is 4.79 Å². The molecule has 0 aliphatic carbocycles. The Labute approximate surface area is 131 Å². The Morgan fingerprint density at radius 1 is 1.14 bits per heavy atom. The average molecular weight is 327 g/mol. The van der Waals surface area contributed by atoms with Gasteiger partial charge < -0.3 is 10.1 Å². The zero-order chi connectivity index (χ0) is 15.2. The molecule has 0 fully saturated rings. The van der Waals surface area contributed by atoms with Gasteiger partial charge in [-0.15, -0.1) is 10.2 Å². The summed E-state index contributed by atoms with van der Waals surface area (Å²) >= 11 is 11.8. The van der Waals surface area contributed by atoms with Crippen molar-refractivity contribution in [2.75, 3.05) is 17.2 Å². The molecule has 1 aromatic heterocycles. The predicted molar refractivity (Wildman–Crippen MR) is 82.4 cm³/mol. The van der Waals surface area contributed by atoms with E-state index in [1.165, 1.54) is 0 Å². The molecule has 110 valence electrons. The topological polar surface area (TPSA) is 76.1 Å². The summed E-state index contributed by atoms with van der Waals surface area (Å²) in [4.78, 5) is 11.2. The first-order valence-corrected chi connectivity index (χ1v) is 6.83. The van der Waals surface area contributed by atoms with Crippen LogP contribution in [0.2, 0.25) is 10.0 Å². The van der Waals surface area contributed by atoms with Gasteiger partial charge in [-0.05, 0) is 37.3 Å². The van der Waals surface area contributed by atoms with E-state index in [1.807, 2.05) is 0 Å². The van der Waals surface area contributed by atoms with Crippen LogP contribution in [0.15, 0.2) is 30.3 Å². The number of rotatable bonds is 4. The first-order chi connectivity index (χ1) is 10.1. The number of aromatic nitrogens is 2. The van der Waals surface area contributed by atoms with E-state index in [-0.39, 0.29) is 6.61 Å². The van der Waals surface area contributed by atoms with Crippen LogP contribution in [-0.2, 0) is 4.74 Å². The number of ether oxygens (including phenoxy) is 1. The highest BCUT2D eigenvalue weighted by Crippen LogP contribution is 2.24. The SMILES string of the molecule is CCOC(=O)Nc1ccc(Nc2cc(Cl)cc(Cl)c2)nn1. The number of carbonyl (C=O) groups excluding carboxylic acids is 1. The van der Waals surface area contributed by atoms with E-state index >= 15 is 0 Å². The van der Waals surface area contributed by atoms with Crippen molar-refractivity contribution in [2.45, 2.75) is 6.92 Å². The molecule has 1 aromatic carbocycles. The molecule has 0 unspecified atom stereocenters. The van der Waals surface area contributed by atoms with Gasteiger partial charge in [0.05, 0.1) is 6.61 Å². The van der Waals surface area contributed by atoms with Crippen molar-refractivity contribution in [1.29, 1.82) is 0 Å². The minimum absolute atomic E-state index is 0.286. The molecule has 21 heavy (non-hydrogen) atoms. The Kier molecular flexibility index (Phi) is 5.19. The summed E-state index contributed by atoms with van der Waals surface area (Å²) in [5.74, 6) is 0.783. The van der Waals surface area contributed by atoms with Crippen molar-refractivity contribution in [1.82, 2.24) is 10.2 Å². The van der Waals surface area contributed by atoms with Crippen molar-refractivity contribution >= 4 is 46.6 Å². The van der Waals surface area contributed by atoms with Crippen LogP contribution in [0.3, 0.4) is 0 Å². The van der Waals surface area contributed by atoms with Crippen LogP contribution in [-0.4, -0.2) is 22.9 Å². The molecule has 2 aromatic rings. The molecule has 0 saturated heterocycles. The molecule has 0 radical (unpaired) electrons. The molecule has 0 aliphatic heterocycles. The molecule has 0 atom stereocenters. The fourth-order valence-corrected chi connectivity index (χ4v) is 2.04. The molecular weight excluding hydrogens is 315 g/mol. The first-order valence-electron chi connectivity index (χ1n) is 6.07. The molecule has 1 amide bonds. The first kappa shape index (κ1) is 15.3. The van der Waals surface area contributed by atoms with Gasteiger partial charge in [0.1, 0.15) is 0 Å². The van der Waals surface area contributed by atoms with Crippen molar-refractivity contribution in [3.63, 3.8) is 0 Å². The predicted octanol–water partition coefficient (Wildman–Crippen LogP) is 4.10. The second-order valence-corrected chi connectivity index (χ2v) is 4.81. The quantitative estimate of drug-likeness (QED) is 0.884. The molecule has 1 heterocycles. The number of nitrogens with one attached hydrogen (secondary N) is 2. The Hall–Kier alpha value is -2.05. The highest BCUT2D eigenvalue weighted by molar-refractivity contribution is 6.35. The molecule has 6 nitrogen and oxygen atoms in total. The van der Waals surface area contributed by atoms with Crippen LogP contribution in [0, 0.1) is 0 Å². The molecule has 0 spiro atoms. The zero-order valence-electron chi connectivity index (χ0n) is 11.1. The molecule has 0 bridgehead atoms. The van der Waals surface area contributed by atoms with Gasteiger partial charge in [-0.25, -0.2) is 4.79 Å². The molecule has 0 saturated carbocycles. The molecule has 0 aliphatic rings. The van der Waals surface area contributed by atoms with Crippen LogP contribution in [0.5, 0.6) is 0 Å². The highest BCUT2D eigenvalue weighted by Gasteiger charge is 2.05. The van der Waals surface area contributed by atoms with Gasteiger partial charge in [0, 0.05) is 15.7 Å². The fourth-order valence-electron chi connectivity index (χ4n) is 1.51. The van der Waals surface area contributed by atoms with Gasteiger partial charge in [0.2, 0.25) is 0 Å². The summed E-state index contributed by atoms with van der Waals surface area (Å²) in [6.07, 6.45) is -0.575. The standard InChI is InChI=1S/C13H12Cl2N4O2/c1-2-21-13(20)17-12-4-3-11(18-19-12)16-10-6-8(14)5-9(15)7-10/h3-7H,2H2,1H3,(H,16,18)(H,17,19,20). The van der Waals surface area contributed by atoms with E-state index in [0.29, 0.717) is 27.4 Å². The van der Waals surface area contributed by atoms with Gasteiger partial charge in [0.25, 0.3) is 0 Å². The van der Waals surface area contributed by atoms with Gasteiger partial charge in [-0.3, -0.25) is 5.32 Å². The Balaban J connectivity index is 2.03. The minimum atomic E-state index is -0.575.